The Morgan fingerprint density at radius 3 is 2.75 bits per heavy atom. The Balaban J connectivity index is 2.45. The molecule has 0 saturated carbocycles. The van der Waals surface area contributed by atoms with Gasteiger partial charge in [-0.25, -0.2) is 0 Å². The number of aliphatic hydroxyl groups is 1. The number of aryl methyl sites for hydroxylation is 1. The summed E-state index contributed by atoms with van der Waals surface area (Å²) >= 11 is 1.67. The Bertz CT molecular complexity index is 310. The molecule has 0 spiro atoms. The lowest BCUT2D eigenvalue weighted by Crippen LogP contribution is -2.32. The fourth-order valence-corrected chi connectivity index (χ4v) is 2.44. The van der Waals surface area contributed by atoms with E-state index in [0.717, 1.165) is 29.7 Å². The summed E-state index contributed by atoms with van der Waals surface area (Å²) in [6.07, 6.45) is 0.775. The summed E-state index contributed by atoms with van der Waals surface area (Å²) in [6, 6.07) is 0.331. The molecule has 0 fully saturated rings. The summed E-state index contributed by atoms with van der Waals surface area (Å²) in [5.74, 6) is 1.82. The van der Waals surface area contributed by atoms with Crippen LogP contribution in [0.2, 0.25) is 0 Å². The minimum Gasteiger partial charge on any atom is -0.396 e. The fraction of sp³-hybridized carbons (Fsp3) is 0.800. The maximum absolute atomic E-state index is 8.94. The van der Waals surface area contributed by atoms with E-state index in [-0.39, 0.29) is 6.61 Å². The van der Waals surface area contributed by atoms with E-state index in [2.05, 4.69) is 22.4 Å². The van der Waals surface area contributed by atoms with Crippen molar-refractivity contribution in [2.45, 2.75) is 31.5 Å². The topological polar surface area (TPSA) is 63.0 Å². The molecule has 1 atom stereocenters. The molecule has 0 aliphatic carbocycles. The third kappa shape index (κ3) is 3.77. The number of thioether (sulfide) groups is 1. The zero-order valence-corrected chi connectivity index (χ0v) is 10.9. The molecular weight excluding hydrogens is 224 g/mol. The molecule has 5 nitrogen and oxygen atoms in total. The first-order valence-electron chi connectivity index (χ1n) is 5.52. The second-order valence-corrected chi connectivity index (χ2v) is 4.65. The van der Waals surface area contributed by atoms with Crippen LogP contribution in [0.15, 0.2) is 5.16 Å². The van der Waals surface area contributed by atoms with Crippen molar-refractivity contribution in [3.63, 3.8) is 0 Å². The van der Waals surface area contributed by atoms with Crippen molar-refractivity contribution in [1.29, 1.82) is 0 Å². The van der Waals surface area contributed by atoms with Crippen LogP contribution in [-0.2, 0) is 7.05 Å². The Morgan fingerprint density at radius 2 is 2.25 bits per heavy atom. The third-order valence-corrected chi connectivity index (χ3v) is 3.62. The number of rotatable bonds is 7. The molecule has 16 heavy (non-hydrogen) atoms. The highest BCUT2D eigenvalue weighted by atomic mass is 32.2. The van der Waals surface area contributed by atoms with Crippen LogP contribution in [0.5, 0.6) is 0 Å². The lowest BCUT2D eigenvalue weighted by atomic mass is 10.2. The Hall–Kier alpha value is -0.590. The Kier molecular flexibility index (Phi) is 5.79. The van der Waals surface area contributed by atoms with Crippen LogP contribution in [-0.4, -0.2) is 44.8 Å². The van der Waals surface area contributed by atoms with Gasteiger partial charge >= 0.3 is 0 Å². The van der Waals surface area contributed by atoms with Gasteiger partial charge in [0.2, 0.25) is 0 Å². The van der Waals surface area contributed by atoms with Gasteiger partial charge < -0.3 is 15.0 Å². The van der Waals surface area contributed by atoms with Crippen LogP contribution in [0, 0.1) is 6.92 Å². The standard InChI is InChI=1S/C10H20N4OS/c1-4-11-9(5-6-15)7-16-10-13-12-8(2)14(10)3/h9,11,15H,4-7H2,1-3H3. The Labute approximate surface area is 101 Å². The van der Waals surface area contributed by atoms with E-state index in [1.54, 1.807) is 11.8 Å². The maximum atomic E-state index is 8.94. The zero-order valence-electron chi connectivity index (χ0n) is 10.1. The predicted molar refractivity (Wildman–Crippen MR) is 65.6 cm³/mol. The molecule has 0 bridgehead atoms. The summed E-state index contributed by atoms with van der Waals surface area (Å²) in [7, 11) is 1.96. The molecule has 1 unspecified atom stereocenters. The normalized spacial score (nSPS) is 13.0. The van der Waals surface area contributed by atoms with Crippen molar-refractivity contribution in [3.05, 3.63) is 5.82 Å². The maximum Gasteiger partial charge on any atom is 0.190 e. The van der Waals surface area contributed by atoms with Gasteiger partial charge in [0, 0.05) is 25.4 Å². The van der Waals surface area contributed by atoms with Crippen LogP contribution in [0.1, 0.15) is 19.2 Å². The third-order valence-electron chi connectivity index (χ3n) is 2.44. The van der Waals surface area contributed by atoms with Gasteiger partial charge in [-0.2, -0.15) is 0 Å². The summed E-state index contributed by atoms with van der Waals surface area (Å²) in [4.78, 5) is 0. The molecule has 1 aromatic heterocycles. The molecule has 0 aromatic carbocycles. The molecule has 0 aliphatic rings. The van der Waals surface area contributed by atoms with Crippen molar-refractivity contribution in [1.82, 2.24) is 20.1 Å². The molecule has 2 N–H and O–H groups in total. The largest absolute Gasteiger partial charge is 0.396 e. The molecule has 0 amide bonds. The second kappa shape index (κ2) is 6.88. The van der Waals surface area contributed by atoms with Crippen LogP contribution in [0.25, 0.3) is 0 Å². The number of aromatic nitrogens is 3. The fourth-order valence-electron chi connectivity index (χ4n) is 1.38. The van der Waals surface area contributed by atoms with Crippen LogP contribution >= 0.6 is 11.8 Å². The summed E-state index contributed by atoms with van der Waals surface area (Å²) in [5, 5.41) is 21.3. The lowest BCUT2D eigenvalue weighted by Gasteiger charge is -2.15. The SMILES string of the molecule is CCNC(CCO)CSc1nnc(C)n1C. The van der Waals surface area contributed by atoms with Crippen LogP contribution in [0.4, 0.5) is 0 Å². The van der Waals surface area contributed by atoms with E-state index in [4.69, 9.17) is 5.11 Å². The minimum absolute atomic E-state index is 0.218. The molecule has 1 rings (SSSR count). The highest BCUT2D eigenvalue weighted by molar-refractivity contribution is 7.99. The summed E-state index contributed by atoms with van der Waals surface area (Å²) < 4.78 is 1.98. The van der Waals surface area contributed by atoms with Gasteiger partial charge in [-0.3, -0.25) is 0 Å². The van der Waals surface area contributed by atoms with Gasteiger partial charge in [0.25, 0.3) is 0 Å². The lowest BCUT2D eigenvalue weighted by molar-refractivity contribution is 0.271. The molecule has 0 aliphatic heterocycles. The summed E-state index contributed by atoms with van der Waals surface area (Å²) in [6.45, 7) is 5.15. The number of nitrogens with one attached hydrogen (secondary N) is 1. The molecule has 92 valence electrons. The smallest absolute Gasteiger partial charge is 0.190 e. The van der Waals surface area contributed by atoms with E-state index in [1.165, 1.54) is 0 Å². The first kappa shape index (κ1) is 13.5. The minimum atomic E-state index is 0.218. The van der Waals surface area contributed by atoms with Crippen molar-refractivity contribution in [2.24, 2.45) is 7.05 Å². The number of hydrogen-bond acceptors (Lipinski definition) is 5. The van der Waals surface area contributed by atoms with Crippen molar-refractivity contribution in [3.8, 4) is 0 Å². The van der Waals surface area contributed by atoms with Gasteiger partial charge in [-0.15, -0.1) is 10.2 Å². The highest BCUT2D eigenvalue weighted by Gasteiger charge is 2.10. The molecule has 0 saturated heterocycles. The number of nitrogens with zero attached hydrogens (tertiary/aromatic N) is 3. The van der Waals surface area contributed by atoms with Crippen LogP contribution < -0.4 is 5.32 Å². The Morgan fingerprint density at radius 1 is 1.50 bits per heavy atom. The molecular formula is C10H20N4OS. The average molecular weight is 244 g/mol. The van der Waals surface area contributed by atoms with E-state index >= 15 is 0 Å². The zero-order chi connectivity index (χ0) is 12.0. The van der Waals surface area contributed by atoms with Crippen molar-refractivity contribution in [2.75, 3.05) is 18.9 Å². The van der Waals surface area contributed by atoms with Gasteiger partial charge in [0.05, 0.1) is 0 Å². The quantitative estimate of drug-likeness (QED) is 0.687. The average Bonchev–Trinajstić information content (AvgIpc) is 2.58. The molecule has 6 heteroatoms. The number of aliphatic hydroxyl groups excluding tert-OH is 1. The van der Waals surface area contributed by atoms with Crippen LogP contribution in [0.3, 0.4) is 0 Å². The van der Waals surface area contributed by atoms with E-state index in [9.17, 15) is 0 Å². The molecule has 1 heterocycles. The highest BCUT2D eigenvalue weighted by Crippen LogP contribution is 2.17. The van der Waals surface area contributed by atoms with Gasteiger partial charge in [0.15, 0.2) is 5.16 Å². The predicted octanol–water partition coefficient (Wildman–Crippen LogP) is 0.576. The monoisotopic (exact) mass is 244 g/mol. The first-order chi connectivity index (χ1) is 7.69. The summed E-state index contributed by atoms with van der Waals surface area (Å²) in [5.41, 5.74) is 0. The molecule has 0 radical (unpaired) electrons. The first-order valence-corrected chi connectivity index (χ1v) is 6.50. The van der Waals surface area contributed by atoms with Gasteiger partial charge in [-0.05, 0) is 19.9 Å². The van der Waals surface area contributed by atoms with E-state index in [1.807, 2.05) is 18.5 Å². The van der Waals surface area contributed by atoms with Gasteiger partial charge in [0.1, 0.15) is 5.82 Å². The van der Waals surface area contributed by atoms with E-state index in [0.29, 0.717) is 6.04 Å². The van der Waals surface area contributed by atoms with Crippen molar-refractivity contribution < 1.29 is 5.11 Å². The second-order valence-electron chi connectivity index (χ2n) is 3.67. The molecule has 1 aromatic rings. The van der Waals surface area contributed by atoms with E-state index < -0.39 is 0 Å². The number of hydrogen-bond donors (Lipinski definition) is 2. The van der Waals surface area contributed by atoms with Crippen molar-refractivity contribution >= 4 is 11.8 Å². The van der Waals surface area contributed by atoms with Gasteiger partial charge in [-0.1, -0.05) is 18.7 Å².